The molecule has 0 aliphatic heterocycles. The molecule has 33 heavy (non-hydrogen) atoms. The number of hydrogen-bond acceptors (Lipinski definition) is 5. The molecule has 8 heteroatoms. The molecule has 2 aliphatic carbocycles. The van der Waals surface area contributed by atoms with Gasteiger partial charge in [0.1, 0.15) is 6.61 Å². The van der Waals surface area contributed by atoms with Gasteiger partial charge in [-0.2, -0.15) is 0 Å². The Morgan fingerprint density at radius 3 is 2.15 bits per heavy atom. The SMILES string of the molecule is O=C(CC1CC(CNC(=O)OCC2c3ccccc3-c3ccccc32)C1)NC[C@H](O)C(=O)O. The van der Waals surface area contributed by atoms with Crippen molar-refractivity contribution in [3.8, 4) is 11.1 Å². The highest BCUT2D eigenvalue weighted by molar-refractivity contribution is 5.79. The molecule has 1 atom stereocenters. The third kappa shape index (κ3) is 5.34. The van der Waals surface area contributed by atoms with Crippen LogP contribution in [0.4, 0.5) is 4.79 Å². The number of rotatable bonds is 9. The van der Waals surface area contributed by atoms with Crippen molar-refractivity contribution < 1.29 is 29.3 Å². The maximum absolute atomic E-state index is 12.3. The Kier molecular flexibility index (Phi) is 6.93. The van der Waals surface area contributed by atoms with Crippen LogP contribution in [0.3, 0.4) is 0 Å². The second-order valence-corrected chi connectivity index (χ2v) is 8.77. The first kappa shape index (κ1) is 22.8. The minimum atomic E-state index is -1.59. The van der Waals surface area contributed by atoms with E-state index in [-0.39, 0.29) is 43.2 Å². The number of fused-ring (bicyclic) bond motifs is 3. The van der Waals surface area contributed by atoms with Crippen molar-refractivity contribution in [3.63, 3.8) is 0 Å². The van der Waals surface area contributed by atoms with Gasteiger partial charge in [0.25, 0.3) is 0 Å². The van der Waals surface area contributed by atoms with Crippen LogP contribution in [0.1, 0.15) is 36.3 Å². The molecular formula is C25H28N2O6. The standard InChI is InChI=1S/C25H28N2O6/c28-22(24(30)31)13-26-23(29)11-15-9-16(10-15)12-27-25(32)33-14-21-19-7-3-1-5-17(19)18-6-2-4-8-20(18)21/h1-8,15-16,21-22,28H,9-14H2,(H,26,29)(H,27,32)(H,30,31)/t15?,16?,22-/m0/s1. The summed E-state index contributed by atoms with van der Waals surface area (Å²) in [5.74, 6) is -1.13. The minimum absolute atomic E-state index is 0.0226. The fourth-order valence-corrected chi connectivity index (χ4v) is 4.72. The van der Waals surface area contributed by atoms with E-state index in [9.17, 15) is 19.5 Å². The number of hydrogen-bond donors (Lipinski definition) is 4. The number of carbonyl (C=O) groups excluding carboxylic acids is 2. The van der Waals surface area contributed by atoms with E-state index >= 15 is 0 Å². The summed E-state index contributed by atoms with van der Waals surface area (Å²) in [5, 5.41) is 23.1. The largest absolute Gasteiger partial charge is 0.479 e. The number of ether oxygens (including phenoxy) is 1. The van der Waals surface area contributed by atoms with Gasteiger partial charge in [0.15, 0.2) is 6.10 Å². The Hall–Kier alpha value is -3.39. The molecule has 174 valence electrons. The van der Waals surface area contributed by atoms with Gasteiger partial charge in [0.05, 0.1) is 6.54 Å². The maximum atomic E-state index is 12.3. The van der Waals surface area contributed by atoms with Crippen LogP contribution in [0, 0.1) is 11.8 Å². The van der Waals surface area contributed by atoms with Crippen LogP contribution in [0.5, 0.6) is 0 Å². The number of benzene rings is 2. The van der Waals surface area contributed by atoms with Gasteiger partial charge in [-0.05, 0) is 46.9 Å². The second-order valence-electron chi connectivity index (χ2n) is 8.77. The van der Waals surface area contributed by atoms with E-state index in [4.69, 9.17) is 9.84 Å². The lowest BCUT2D eigenvalue weighted by atomic mass is 9.73. The lowest BCUT2D eigenvalue weighted by Crippen LogP contribution is -2.40. The number of aliphatic hydroxyl groups is 1. The number of amides is 2. The zero-order chi connectivity index (χ0) is 23.4. The van der Waals surface area contributed by atoms with Crippen LogP contribution in [0.2, 0.25) is 0 Å². The highest BCUT2D eigenvalue weighted by Gasteiger charge is 2.32. The molecule has 1 saturated carbocycles. The topological polar surface area (TPSA) is 125 Å². The van der Waals surface area contributed by atoms with Crippen LogP contribution < -0.4 is 10.6 Å². The first-order chi connectivity index (χ1) is 15.9. The van der Waals surface area contributed by atoms with E-state index < -0.39 is 18.2 Å². The van der Waals surface area contributed by atoms with Crippen LogP contribution in [-0.4, -0.2) is 54.0 Å². The molecule has 0 bridgehead atoms. The second kappa shape index (κ2) is 10.0. The summed E-state index contributed by atoms with van der Waals surface area (Å²) in [6.45, 7) is 0.468. The van der Waals surface area contributed by atoms with Gasteiger partial charge in [-0.3, -0.25) is 4.79 Å². The summed E-state index contributed by atoms with van der Waals surface area (Å²) in [5.41, 5.74) is 4.71. The number of aliphatic hydroxyl groups excluding tert-OH is 1. The van der Waals surface area contributed by atoms with Crippen molar-refractivity contribution >= 4 is 18.0 Å². The molecule has 0 aromatic heterocycles. The molecule has 2 amide bonds. The summed E-state index contributed by atoms with van der Waals surface area (Å²) in [4.78, 5) is 34.6. The van der Waals surface area contributed by atoms with Crippen LogP contribution >= 0.6 is 0 Å². The number of carboxylic acid groups (broad SMARTS) is 1. The Balaban J connectivity index is 1.16. The van der Waals surface area contributed by atoms with Crippen molar-refractivity contribution in [2.75, 3.05) is 19.7 Å². The van der Waals surface area contributed by atoms with Crippen molar-refractivity contribution in [1.29, 1.82) is 0 Å². The van der Waals surface area contributed by atoms with Gasteiger partial charge >= 0.3 is 12.1 Å². The number of carboxylic acids is 1. The van der Waals surface area contributed by atoms with Gasteiger partial charge in [-0.1, -0.05) is 48.5 Å². The van der Waals surface area contributed by atoms with E-state index in [1.807, 2.05) is 24.3 Å². The fourth-order valence-electron chi connectivity index (χ4n) is 4.72. The summed E-state index contributed by atoms with van der Waals surface area (Å²) in [6.07, 6.45) is -0.143. The minimum Gasteiger partial charge on any atom is -0.479 e. The molecule has 4 N–H and O–H groups in total. The summed E-state index contributed by atoms with van der Waals surface area (Å²) in [7, 11) is 0. The normalized spacial score (nSPS) is 19.5. The summed E-state index contributed by atoms with van der Waals surface area (Å²) < 4.78 is 5.54. The zero-order valence-corrected chi connectivity index (χ0v) is 18.2. The molecule has 0 unspecified atom stereocenters. The van der Waals surface area contributed by atoms with Crippen LogP contribution in [0.25, 0.3) is 11.1 Å². The average Bonchev–Trinajstić information content (AvgIpc) is 3.11. The van der Waals surface area contributed by atoms with E-state index in [0.717, 1.165) is 12.8 Å². The Labute approximate surface area is 192 Å². The molecule has 2 aromatic carbocycles. The van der Waals surface area contributed by atoms with Crippen molar-refractivity contribution in [1.82, 2.24) is 10.6 Å². The number of alkyl carbamates (subject to hydrolysis) is 1. The van der Waals surface area contributed by atoms with Crippen LogP contribution in [0.15, 0.2) is 48.5 Å². The number of nitrogens with one attached hydrogen (secondary N) is 2. The third-order valence-electron chi connectivity index (χ3n) is 6.46. The quantitative estimate of drug-likeness (QED) is 0.463. The Morgan fingerprint density at radius 2 is 1.55 bits per heavy atom. The Bertz CT molecular complexity index is 988. The molecule has 2 aromatic rings. The van der Waals surface area contributed by atoms with E-state index in [1.54, 1.807) is 0 Å². The molecule has 0 radical (unpaired) electrons. The van der Waals surface area contributed by atoms with Gasteiger partial charge in [-0.25, -0.2) is 9.59 Å². The lowest BCUT2D eigenvalue weighted by molar-refractivity contribution is -0.146. The van der Waals surface area contributed by atoms with E-state index in [2.05, 4.69) is 34.9 Å². The fraction of sp³-hybridized carbons (Fsp3) is 0.400. The first-order valence-corrected chi connectivity index (χ1v) is 11.2. The third-order valence-corrected chi connectivity index (χ3v) is 6.46. The maximum Gasteiger partial charge on any atom is 0.407 e. The zero-order valence-electron chi connectivity index (χ0n) is 18.2. The van der Waals surface area contributed by atoms with Crippen molar-refractivity contribution in [3.05, 3.63) is 59.7 Å². The summed E-state index contributed by atoms with van der Waals surface area (Å²) in [6, 6.07) is 16.4. The first-order valence-electron chi connectivity index (χ1n) is 11.2. The highest BCUT2D eigenvalue weighted by atomic mass is 16.5. The molecule has 0 spiro atoms. The van der Waals surface area contributed by atoms with Crippen LogP contribution in [-0.2, 0) is 14.3 Å². The molecule has 1 fully saturated rings. The van der Waals surface area contributed by atoms with Gasteiger partial charge in [0.2, 0.25) is 5.91 Å². The van der Waals surface area contributed by atoms with E-state index in [0.29, 0.717) is 6.54 Å². The Morgan fingerprint density at radius 1 is 0.939 bits per heavy atom. The smallest absolute Gasteiger partial charge is 0.407 e. The average molecular weight is 453 g/mol. The summed E-state index contributed by atoms with van der Waals surface area (Å²) >= 11 is 0. The molecule has 8 nitrogen and oxygen atoms in total. The molecule has 0 saturated heterocycles. The van der Waals surface area contributed by atoms with Crippen molar-refractivity contribution in [2.45, 2.75) is 31.3 Å². The molecule has 0 heterocycles. The predicted molar refractivity (Wildman–Crippen MR) is 121 cm³/mol. The van der Waals surface area contributed by atoms with Crippen molar-refractivity contribution in [2.24, 2.45) is 11.8 Å². The molecule has 2 aliphatic rings. The monoisotopic (exact) mass is 452 g/mol. The molecular weight excluding hydrogens is 424 g/mol. The number of carbonyl (C=O) groups is 3. The molecule has 4 rings (SSSR count). The van der Waals surface area contributed by atoms with E-state index in [1.165, 1.54) is 22.3 Å². The highest BCUT2D eigenvalue weighted by Crippen LogP contribution is 2.44. The van der Waals surface area contributed by atoms with Gasteiger partial charge in [-0.15, -0.1) is 0 Å². The van der Waals surface area contributed by atoms with Gasteiger partial charge < -0.3 is 25.6 Å². The van der Waals surface area contributed by atoms with Gasteiger partial charge in [0, 0.05) is 18.9 Å². The lowest BCUT2D eigenvalue weighted by Gasteiger charge is -2.35. The predicted octanol–water partition coefficient (Wildman–Crippen LogP) is 2.50. The number of aliphatic carboxylic acids is 1.